The lowest BCUT2D eigenvalue weighted by Crippen LogP contribution is -2.71. The van der Waals surface area contributed by atoms with Crippen LogP contribution in [0.1, 0.15) is 12.1 Å². The number of thioether (sulfide) groups is 1. The summed E-state index contributed by atoms with van der Waals surface area (Å²) in [6.45, 7) is 0.395. The number of carboxylic acids is 2. The molecule has 0 radical (unpaired) electrons. The first kappa shape index (κ1) is 33.8. The summed E-state index contributed by atoms with van der Waals surface area (Å²) in [6.07, 6.45) is -3.16. The van der Waals surface area contributed by atoms with Gasteiger partial charge in [-0.1, -0.05) is 17.3 Å². The molecule has 15 nitrogen and oxygen atoms in total. The molecule has 4 heterocycles. The average Bonchev–Trinajstić information content (AvgIpc) is 3.60. The highest BCUT2D eigenvalue weighted by atomic mass is 32.2. The fourth-order valence-corrected chi connectivity index (χ4v) is 6.47. The number of methoxy groups -OCH3 is 1. The molecule has 0 saturated carbocycles. The van der Waals surface area contributed by atoms with Gasteiger partial charge in [0.2, 0.25) is 0 Å². The van der Waals surface area contributed by atoms with Crippen molar-refractivity contribution < 1.29 is 57.3 Å². The lowest BCUT2D eigenvalue weighted by Gasteiger charge is -2.49. The molecule has 20 heteroatoms. The predicted molar refractivity (Wildman–Crippen MR) is 156 cm³/mol. The van der Waals surface area contributed by atoms with Crippen molar-refractivity contribution in [3.8, 4) is 5.75 Å². The third-order valence-electron chi connectivity index (χ3n) is 6.66. The van der Waals surface area contributed by atoms with E-state index in [1.807, 2.05) is 0 Å². The molecule has 3 amide bonds. The number of ether oxygens (including phenoxy) is 1. The number of hydrogen-bond acceptors (Lipinski definition) is 12. The fraction of sp³-hybridized carbons (Fsp3) is 0.269. The largest absolute Gasteiger partial charge is 0.495 e. The van der Waals surface area contributed by atoms with Gasteiger partial charge in [0.1, 0.15) is 28.6 Å². The Labute approximate surface area is 264 Å². The van der Waals surface area contributed by atoms with Gasteiger partial charge in [0.15, 0.2) is 10.8 Å². The third kappa shape index (κ3) is 6.76. The number of amides is 3. The van der Waals surface area contributed by atoms with E-state index >= 15 is 0 Å². The summed E-state index contributed by atoms with van der Waals surface area (Å²) in [7, 11) is 1.52. The molecule has 0 unspecified atom stereocenters. The van der Waals surface area contributed by atoms with E-state index in [9.17, 15) is 42.7 Å². The standard InChI is InChI=1S/C24H22N6O7S2.C2HF3O2/c1-37-15-5-3-2-4-14(15)29-7-6-11(20(29)32)8-12-9-38-22-17(21(33)30(22)18(12)23(34)35)27-19(31)16(28-36)13-10-39-24(25)26-13;3-2(4,5)1(6)7/h2-5,8,10,17,22,36H,6-7,9H2,1H3,(H2,25,26)(H,27,31)(H,34,35);(H,6,7)/b11-8+,28-16-;/t17-,22-;/m1./s1. The summed E-state index contributed by atoms with van der Waals surface area (Å²) in [5.74, 6) is -5.12. The van der Waals surface area contributed by atoms with Crippen LogP contribution >= 0.6 is 23.1 Å². The lowest BCUT2D eigenvalue weighted by atomic mass is 10.0. The number of aliphatic carboxylic acids is 2. The van der Waals surface area contributed by atoms with Crippen LogP contribution in [0, 0.1) is 0 Å². The number of fused-ring (bicyclic) bond motifs is 1. The van der Waals surface area contributed by atoms with Gasteiger partial charge < -0.3 is 36.1 Å². The second-order valence-corrected chi connectivity index (χ2v) is 11.4. The number of carbonyl (C=O) groups excluding carboxylic acids is 3. The molecule has 3 aliphatic heterocycles. The van der Waals surface area contributed by atoms with E-state index < -0.39 is 47.1 Å². The Balaban J connectivity index is 0.000000617. The summed E-state index contributed by atoms with van der Waals surface area (Å²) >= 11 is 2.29. The number of nitrogens with two attached hydrogens (primary N) is 1. The lowest BCUT2D eigenvalue weighted by molar-refractivity contribution is -0.192. The number of hydrogen-bond donors (Lipinski definition) is 5. The summed E-state index contributed by atoms with van der Waals surface area (Å²) in [4.78, 5) is 66.6. The molecular formula is C26H23F3N6O9S2. The molecule has 0 aliphatic carbocycles. The van der Waals surface area contributed by atoms with Crippen molar-refractivity contribution in [1.29, 1.82) is 0 Å². The summed E-state index contributed by atoms with van der Waals surface area (Å²) < 4.78 is 37.1. The molecular weight excluding hydrogens is 661 g/mol. The van der Waals surface area contributed by atoms with Crippen molar-refractivity contribution in [3.05, 3.63) is 58.3 Å². The maximum absolute atomic E-state index is 13.2. The van der Waals surface area contributed by atoms with Gasteiger partial charge >= 0.3 is 18.1 Å². The molecule has 3 aliphatic rings. The van der Waals surface area contributed by atoms with Crippen LogP contribution in [0.15, 0.2) is 57.7 Å². The van der Waals surface area contributed by atoms with Crippen LogP contribution in [-0.2, 0) is 24.0 Å². The number of alkyl halides is 3. The molecule has 0 spiro atoms. The second kappa shape index (κ2) is 13.5. The van der Waals surface area contributed by atoms with Gasteiger partial charge in [-0.05, 0) is 30.2 Å². The molecule has 2 atom stereocenters. The summed E-state index contributed by atoms with van der Waals surface area (Å²) in [5.41, 5.74) is 6.30. The van der Waals surface area contributed by atoms with Crippen LogP contribution < -0.4 is 20.7 Å². The number of carboxylic acid groups (broad SMARTS) is 2. The number of rotatable bonds is 7. The first-order valence-corrected chi connectivity index (χ1v) is 14.7. The first-order valence-electron chi connectivity index (χ1n) is 12.8. The van der Waals surface area contributed by atoms with Gasteiger partial charge in [-0.3, -0.25) is 19.3 Å². The zero-order chi connectivity index (χ0) is 33.9. The number of aromatic nitrogens is 1. The third-order valence-corrected chi connectivity index (χ3v) is 8.63. The number of anilines is 2. The van der Waals surface area contributed by atoms with Crippen LogP contribution in [0.3, 0.4) is 0 Å². The van der Waals surface area contributed by atoms with E-state index in [4.69, 9.17) is 20.4 Å². The van der Waals surface area contributed by atoms with Gasteiger partial charge in [0.05, 0.1) is 12.8 Å². The molecule has 1 aromatic heterocycles. The minimum absolute atomic E-state index is 0.0425. The van der Waals surface area contributed by atoms with Gasteiger partial charge in [-0.2, -0.15) is 13.2 Å². The van der Waals surface area contributed by atoms with E-state index in [0.717, 1.165) is 16.2 Å². The van der Waals surface area contributed by atoms with Crippen molar-refractivity contribution >= 4 is 69.3 Å². The SMILES string of the molecule is COc1ccccc1N1CC/C(=C\C2=C(C(=O)O)N3C(=O)[C@@H](NC(=O)/C(=N\O)c4csc(N)n4)[C@H]3SC2)C1=O.O=C(O)C(F)(F)F. The number of halogens is 3. The summed E-state index contributed by atoms with van der Waals surface area (Å²) in [6, 6.07) is 6.06. The monoisotopic (exact) mass is 684 g/mol. The van der Waals surface area contributed by atoms with E-state index in [1.54, 1.807) is 29.2 Å². The summed E-state index contributed by atoms with van der Waals surface area (Å²) in [5, 5.41) is 32.8. The molecule has 6 N–H and O–H groups in total. The molecule has 5 rings (SSSR count). The number of para-hydroxylation sites is 2. The number of thiazole rings is 1. The van der Waals surface area contributed by atoms with Gasteiger partial charge in [-0.15, -0.1) is 23.1 Å². The maximum atomic E-state index is 13.2. The van der Waals surface area contributed by atoms with Crippen LogP contribution in [0.4, 0.5) is 24.0 Å². The smallest absolute Gasteiger partial charge is 0.490 e. The average molecular weight is 685 g/mol. The Morgan fingerprint density at radius 1 is 1.22 bits per heavy atom. The Morgan fingerprint density at radius 3 is 2.46 bits per heavy atom. The number of carbonyl (C=O) groups is 5. The van der Waals surface area contributed by atoms with E-state index in [1.165, 1.54) is 30.3 Å². The van der Waals surface area contributed by atoms with Crippen LogP contribution in [0.2, 0.25) is 0 Å². The number of nitrogens with zero attached hydrogens (tertiary/aromatic N) is 4. The van der Waals surface area contributed by atoms with Crippen molar-refractivity contribution in [2.24, 2.45) is 5.16 Å². The highest BCUT2D eigenvalue weighted by Gasteiger charge is 2.54. The van der Waals surface area contributed by atoms with Crippen LogP contribution in [-0.4, -0.2) is 97.7 Å². The maximum Gasteiger partial charge on any atom is 0.490 e. The number of β-lactam (4-membered cyclic amide) rings is 1. The zero-order valence-corrected chi connectivity index (χ0v) is 25.0. The molecule has 0 bridgehead atoms. The Kier molecular flexibility index (Phi) is 9.90. The normalized spacial score (nSPS) is 20.5. The van der Waals surface area contributed by atoms with E-state index in [2.05, 4.69) is 15.5 Å². The van der Waals surface area contributed by atoms with Crippen LogP contribution in [0.25, 0.3) is 0 Å². The molecule has 2 aromatic rings. The Morgan fingerprint density at radius 2 is 1.89 bits per heavy atom. The molecule has 1 aromatic carbocycles. The molecule has 244 valence electrons. The second-order valence-electron chi connectivity index (χ2n) is 9.41. The molecule has 2 saturated heterocycles. The number of nitrogen functional groups attached to an aromatic ring is 1. The van der Waals surface area contributed by atoms with Crippen molar-refractivity contribution in [2.75, 3.05) is 30.0 Å². The minimum Gasteiger partial charge on any atom is -0.495 e. The van der Waals surface area contributed by atoms with Gasteiger partial charge in [0.25, 0.3) is 17.7 Å². The predicted octanol–water partition coefficient (Wildman–Crippen LogP) is 1.65. The number of benzene rings is 1. The van der Waals surface area contributed by atoms with E-state index in [0.29, 0.717) is 35.5 Å². The van der Waals surface area contributed by atoms with E-state index in [-0.39, 0.29) is 28.2 Å². The van der Waals surface area contributed by atoms with Crippen molar-refractivity contribution in [2.45, 2.75) is 24.0 Å². The number of oxime groups is 1. The first-order chi connectivity index (χ1) is 21.7. The van der Waals surface area contributed by atoms with Gasteiger partial charge in [0, 0.05) is 23.3 Å². The van der Waals surface area contributed by atoms with Crippen molar-refractivity contribution in [1.82, 2.24) is 15.2 Å². The fourth-order valence-electron chi connectivity index (χ4n) is 4.61. The number of allylic oxidation sites excluding steroid dienone is 1. The zero-order valence-electron chi connectivity index (χ0n) is 23.3. The Hall–Kier alpha value is -5.11. The highest BCUT2D eigenvalue weighted by Crippen LogP contribution is 2.42. The van der Waals surface area contributed by atoms with Gasteiger partial charge in [-0.25, -0.2) is 14.6 Å². The van der Waals surface area contributed by atoms with Crippen LogP contribution in [0.5, 0.6) is 5.75 Å². The highest BCUT2D eigenvalue weighted by molar-refractivity contribution is 8.00. The van der Waals surface area contributed by atoms with Crippen molar-refractivity contribution in [3.63, 3.8) is 0 Å². The molecule has 46 heavy (non-hydrogen) atoms. The Bertz CT molecular complexity index is 1690. The minimum atomic E-state index is -5.08. The quantitative estimate of drug-likeness (QED) is 0.0923. The topological polar surface area (TPSA) is 225 Å². The molecule has 2 fully saturated rings. The number of nitrogens with one attached hydrogen (secondary N) is 1.